The van der Waals surface area contributed by atoms with Crippen LogP contribution in [0.5, 0.6) is 0 Å². The molecule has 0 saturated heterocycles. The smallest absolute Gasteiger partial charge is 0.0590 e. The molecule has 0 aromatic rings. The fourth-order valence-electron chi connectivity index (χ4n) is 3.79. The average molecular weight is 284 g/mol. The second-order valence-electron chi connectivity index (χ2n) is 6.95. The Morgan fingerprint density at radius 1 is 1.25 bits per heavy atom. The molecule has 1 rings (SSSR count). The van der Waals surface area contributed by atoms with Gasteiger partial charge in [-0.2, -0.15) is 0 Å². The molecule has 1 aliphatic rings. The van der Waals surface area contributed by atoms with Crippen LogP contribution >= 0.6 is 0 Å². The number of hydrogen-bond donors (Lipinski definition) is 1. The van der Waals surface area contributed by atoms with Crippen LogP contribution in [-0.4, -0.2) is 43.3 Å². The molecule has 1 fully saturated rings. The van der Waals surface area contributed by atoms with Crippen molar-refractivity contribution in [3.63, 3.8) is 0 Å². The molecule has 1 atom stereocenters. The van der Waals surface area contributed by atoms with Crippen LogP contribution in [0.25, 0.3) is 0 Å². The minimum absolute atomic E-state index is 0.208. The van der Waals surface area contributed by atoms with Gasteiger partial charge in [-0.05, 0) is 50.9 Å². The molecule has 0 amide bonds. The lowest BCUT2D eigenvalue weighted by Gasteiger charge is -2.50. The first kappa shape index (κ1) is 17.9. The summed E-state index contributed by atoms with van der Waals surface area (Å²) in [6.07, 6.45) is 6.34. The SMILES string of the molecule is CCC(C)N(CCOC)C1(CN)CCC(C(C)C)CC1. The first-order chi connectivity index (χ1) is 9.50. The van der Waals surface area contributed by atoms with E-state index in [0.29, 0.717) is 6.04 Å². The van der Waals surface area contributed by atoms with E-state index >= 15 is 0 Å². The van der Waals surface area contributed by atoms with E-state index < -0.39 is 0 Å². The van der Waals surface area contributed by atoms with Gasteiger partial charge in [0.25, 0.3) is 0 Å². The number of hydrogen-bond acceptors (Lipinski definition) is 3. The van der Waals surface area contributed by atoms with Gasteiger partial charge in [0.1, 0.15) is 0 Å². The number of rotatable bonds is 8. The molecule has 3 nitrogen and oxygen atoms in total. The van der Waals surface area contributed by atoms with Gasteiger partial charge in [0.2, 0.25) is 0 Å². The summed E-state index contributed by atoms with van der Waals surface area (Å²) in [5, 5.41) is 0. The van der Waals surface area contributed by atoms with Crippen LogP contribution in [0.2, 0.25) is 0 Å². The molecular weight excluding hydrogens is 248 g/mol. The molecule has 120 valence electrons. The van der Waals surface area contributed by atoms with E-state index in [9.17, 15) is 0 Å². The normalized spacial score (nSPS) is 29.1. The Labute approximate surface area is 126 Å². The van der Waals surface area contributed by atoms with Gasteiger partial charge in [-0.1, -0.05) is 20.8 Å². The topological polar surface area (TPSA) is 38.5 Å². The summed E-state index contributed by atoms with van der Waals surface area (Å²) in [5.74, 6) is 1.69. The maximum absolute atomic E-state index is 6.24. The summed E-state index contributed by atoms with van der Waals surface area (Å²) >= 11 is 0. The molecule has 0 heterocycles. The molecule has 1 unspecified atom stereocenters. The van der Waals surface area contributed by atoms with Crippen molar-refractivity contribution in [2.24, 2.45) is 17.6 Å². The standard InChI is InChI=1S/C17H36N2O/c1-6-15(4)19(11-12-20-5)17(13-18)9-7-16(8-10-17)14(2)3/h14-16H,6-13,18H2,1-5H3. The molecular formula is C17H36N2O. The Kier molecular flexibility index (Phi) is 7.49. The Hall–Kier alpha value is -0.120. The van der Waals surface area contributed by atoms with E-state index in [4.69, 9.17) is 10.5 Å². The zero-order valence-corrected chi connectivity index (χ0v) is 14.3. The predicted molar refractivity (Wildman–Crippen MR) is 86.9 cm³/mol. The summed E-state index contributed by atoms with van der Waals surface area (Å²) in [7, 11) is 1.79. The van der Waals surface area contributed by atoms with Gasteiger partial charge in [0.05, 0.1) is 6.61 Å². The Balaban J connectivity index is 2.78. The summed E-state index contributed by atoms with van der Waals surface area (Å²) < 4.78 is 5.32. The van der Waals surface area contributed by atoms with Crippen molar-refractivity contribution in [2.75, 3.05) is 26.8 Å². The first-order valence-corrected chi connectivity index (χ1v) is 8.46. The fourth-order valence-corrected chi connectivity index (χ4v) is 3.79. The summed E-state index contributed by atoms with van der Waals surface area (Å²) in [5.41, 5.74) is 6.45. The van der Waals surface area contributed by atoms with Gasteiger partial charge in [-0.25, -0.2) is 0 Å². The highest BCUT2D eigenvalue weighted by molar-refractivity contribution is 4.97. The minimum Gasteiger partial charge on any atom is -0.383 e. The molecule has 0 radical (unpaired) electrons. The van der Waals surface area contributed by atoms with Crippen molar-refractivity contribution >= 4 is 0 Å². The second kappa shape index (κ2) is 8.35. The molecule has 3 heteroatoms. The third kappa shape index (κ3) is 4.19. The Morgan fingerprint density at radius 3 is 2.25 bits per heavy atom. The van der Waals surface area contributed by atoms with E-state index in [1.54, 1.807) is 7.11 Å². The Morgan fingerprint density at radius 2 is 1.85 bits per heavy atom. The summed E-state index contributed by atoms with van der Waals surface area (Å²) in [4.78, 5) is 2.65. The average Bonchev–Trinajstić information content (AvgIpc) is 2.47. The third-order valence-corrected chi connectivity index (χ3v) is 5.55. The van der Waals surface area contributed by atoms with Crippen molar-refractivity contribution in [2.45, 2.75) is 71.4 Å². The van der Waals surface area contributed by atoms with E-state index in [0.717, 1.165) is 31.5 Å². The van der Waals surface area contributed by atoms with Crippen molar-refractivity contribution in [1.29, 1.82) is 0 Å². The zero-order chi connectivity index (χ0) is 15.2. The molecule has 0 aromatic heterocycles. The van der Waals surface area contributed by atoms with Gasteiger partial charge < -0.3 is 10.5 Å². The van der Waals surface area contributed by atoms with Crippen molar-refractivity contribution in [3.05, 3.63) is 0 Å². The van der Waals surface area contributed by atoms with E-state index in [-0.39, 0.29) is 5.54 Å². The highest BCUT2D eigenvalue weighted by atomic mass is 16.5. The van der Waals surface area contributed by atoms with E-state index in [1.807, 2.05) is 0 Å². The molecule has 2 N–H and O–H groups in total. The molecule has 0 bridgehead atoms. The van der Waals surface area contributed by atoms with Crippen LogP contribution in [0.1, 0.15) is 59.8 Å². The quantitative estimate of drug-likeness (QED) is 0.743. The molecule has 20 heavy (non-hydrogen) atoms. The van der Waals surface area contributed by atoms with Crippen LogP contribution in [0.3, 0.4) is 0 Å². The number of ether oxygens (including phenoxy) is 1. The largest absolute Gasteiger partial charge is 0.383 e. The van der Waals surface area contributed by atoms with Crippen LogP contribution in [0.4, 0.5) is 0 Å². The third-order valence-electron chi connectivity index (χ3n) is 5.55. The molecule has 0 aliphatic heterocycles. The minimum atomic E-state index is 0.208. The monoisotopic (exact) mass is 284 g/mol. The van der Waals surface area contributed by atoms with Gasteiger partial charge in [-0.3, -0.25) is 4.90 Å². The van der Waals surface area contributed by atoms with E-state index in [1.165, 1.54) is 32.1 Å². The zero-order valence-electron chi connectivity index (χ0n) is 14.3. The van der Waals surface area contributed by atoms with Crippen molar-refractivity contribution in [1.82, 2.24) is 4.90 Å². The van der Waals surface area contributed by atoms with Gasteiger partial charge in [-0.15, -0.1) is 0 Å². The highest BCUT2D eigenvalue weighted by Crippen LogP contribution is 2.39. The maximum Gasteiger partial charge on any atom is 0.0590 e. The number of nitrogens with two attached hydrogens (primary N) is 1. The van der Waals surface area contributed by atoms with Crippen LogP contribution in [0.15, 0.2) is 0 Å². The lowest BCUT2D eigenvalue weighted by Crippen LogP contribution is -2.59. The van der Waals surface area contributed by atoms with Crippen LogP contribution < -0.4 is 5.73 Å². The summed E-state index contributed by atoms with van der Waals surface area (Å²) in [6.45, 7) is 11.9. The molecule has 0 aromatic carbocycles. The molecule has 1 aliphatic carbocycles. The number of methoxy groups -OCH3 is 1. The summed E-state index contributed by atoms with van der Waals surface area (Å²) in [6, 6.07) is 0.587. The van der Waals surface area contributed by atoms with Crippen molar-refractivity contribution < 1.29 is 4.74 Å². The van der Waals surface area contributed by atoms with Crippen molar-refractivity contribution in [3.8, 4) is 0 Å². The van der Waals surface area contributed by atoms with Crippen LogP contribution in [-0.2, 0) is 4.74 Å². The predicted octanol–water partition coefficient (Wildman–Crippen LogP) is 3.28. The molecule has 0 spiro atoms. The molecule has 1 saturated carbocycles. The van der Waals surface area contributed by atoms with Gasteiger partial charge in [0, 0.05) is 31.8 Å². The van der Waals surface area contributed by atoms with Crippen LogP contribution in [0, 0.1) is 11.8 Å². The lowest BCUT2D eigenvalue weighted by atomic mass is 9.71. The second-order valence-corrected chi connectivity index (χ2v) is 6.95. The fraction of sp³-hybridized carbons (Fsp3) is 1.00. The number of nitrogens with zero attached hydrogens (tertiary/aromatic N) is 1. The Bertz CT molecular complexity index is 260. The lowest BCUT2D eigenvalue weighted by molar-refractivity contribution is -0.00951. The van der Waals surface area contributed by atoms with E-state index in [2.05, 4.69) is 32.6 Å². The maximum atomic E-state index is 6.24. The highest BCUT2D eigenvalue weighted by Gasteiger charge is 2.41. The van der Waals surface area contributed by atoms with Gasteiger partial charge in [0.15, 0.2) is 0 Å². The van der Waals surface area contributed by atoms with Gasteiger partial charge >= 0.3 is 0 Å². The first-order valence-electron chi connectivity index (χ1n) is 8.46.